The lowest BCUT2D eigenvalue weighted by molar-refractivity contribution is -0.271. The summed E-state index contributed by atoms with van der Waals surface area (Å²) in [7, 11) is 0. The first-order valence-electron chi connectivity index (χ1n) is 22.8. The molecular weight excluding hydrogens is 980 g/mol. The van der Waals surface area contributed by atoms with Crippen LogP contribution in [0.15, 0.2) is 36.4 Å². The number of benzene rings is 2. The summed E-state index contributed by atoms with van der Waals surface area (Å²) in [5, 5.41) is 75.8. The van der Waals surface area contributed by atoms with Gasteiger partial charge in [0.25, 0.3) is 11.8 Å². The Bertz CT molecular complexity index is 2100. The van der Waals surface area contributed by atoms with Gasteiger partial charge in [-0.15, -0.1) is 0 Å². The molecule has 0 saturated carbocycles. The Morgan fingerprint density at radius 1 is 0.630 bits per heavy atom. The molecule has 73 heavy (non-hydrogen) atoms. The number of nitrogens with one attached hydrogen (secondary N) is 2. The third kappa shape index (κ3) is 19.6. The third-order valence-electron chi connectivity index (χ3n) is 10.6. The van der Waals surface area contributed by atoms with E-state index in [4.69, 9.17) is 53.3 Å². The zero-order valence-electron chi connectivity index (χ0n) is 40.1. The lowest BCUT2D eigenvalue weighted by Crippen LogP contribution is -2.61. The SMILES string of the molecule is CC(=O)OCc1ccc(O[C@@H]2O[C@H](C(=O)O)[C@@H](O)[C@H](O)[C@H]2O)c(C(=O)NCCOCCN(CCOCCNC(=O)c2cc(COC(C)=O)ccc2O[C@@H]2OC[C@@H](O)[C@H](O)[C@H]2O)C(=O)COCCOCCON)c1. The average molecular weight is 1050 g/mol. The number of rotatable bonds is 31. The molecule has 2 aromatic rings. The van der Waals surface area contributed by atoms with Crippen LogP contribution in [0.2, 0.25) is 0 Å². The minimum absolute atomic E-state index is 0.00244. The molecule has 0 unspecified atom stereocenters. The van der Waals surface area contributed by atoms with Gasteiger partial charge in [0.1, 0.15) is 67.9 Å². The first-order valence-corrected chi connectivity index (χ1v) is 22.8. The first kappa shape index (κ1) is 59.9. The summed E-state index contributed by atoms with van der Waals surface area (Å²) in [6.07, 6.45) is -15.7. The Morgan fingerprint density at radius 3 is 1.64 bits per heavy atom. The maximum atomic E-state index is 13.5. The van der Waals surface area contributed by atoms with Crippen LogP contribution in [0.1, 0.15) is 45.7 Å². The number of esters is 2. The van der Waals surface area contributed by atoms with Crippen molar-refractivity contribution in [1.82, 2.24) is 15.5 Å². The molecule has 0 aromatic heterocycles. The van der Waals surface area contributed by atoms with E-state index in [0.29, 0.717) is 11.1 Å². The number of aliphatic hydroxyl groups excluding tert-OH is 6. The van der Waals surface area contributed by atoms with Crippen LogP contribution in [0.5, 0.6) is 11.5 Å². The molecule has 9 atom stereocenters. The topological polar surface area (TPSA) is 399 Å². The summed E-state index contributed by atoms with van der Waals surface area (Å²) >= 11 is 0. The molecule has 2 aliphatic rings. The van der Waals surface area contributed by atoms with Gasteiger partial charge in [0.15, 0.2) is 6.10 Å². The quantitative estimate of drug-likeness (QED) is 0.0195. The molecule has 28 heteroatoms. The fraction of sp³-hybridized carbons (Fsp3) is 0.600. The number of carbonyl (C=O) groups is 6. The van der Waals surface area contributed by atoms with Crippen molar-refractivity contribution >= 4 is 35.6 Å². The molecule has 3 amide bonds. The summed E-state index contributed by atoms with van der Waals surface area (Å²) in [6, 6.07) is 8.32. The standard InChI is InChI=1S/C45H64N4O24/c1-25(50)67-21-27-3-5-32(71-44-38(57)35(54)31(52)23-69-44)29(19-27)41(59)47-7-11-63-13-9-49(34(53)24-66-16-15-65-17-18-70-46)10-14-64-12-8-48-42(60)30-20-28(22-68-26(2)51)4-6-33(30)72-45-39(58)36(55)37(56)40(73-45)43(61)62/h3-6,19-20,31,35-40,44-45,52,54-58H,7-18,21-24,46H2,1-2H3,(H,47,59)(H,48,60)(H,61,62)/t31-,35+,36+,37+,38-,39-,40+,44+,45-/m1/s1. The normalized spacial score (nSPS) is 22.7. The van der Waals surface area contributed by atoms with Gasteiger partial charge in [-0.25, -0.2) is 10.7 Å². The maximum absolute atomic E-state index is 13.5. The number of hydrogen-bond donors (Lipinski definition) is 10. The molecule has 408 valence electrons. The molecule has 4 rings (SSSR count). The summed E-state index contributed by atoms with van der Waals surface area (Å²) in [6.45, 7) is 1.82. The van der Waals surface area contributed by atoms with Gasteiger partial charge in [-0.1, -0.05) is 12.1 Å². The molecule has 0 aliphatic carbocycles. The zero-order valence-corrected chi connectivity index (χ0v) is 40.1. The minimum atomic E-state index is -1.99. The molecule has 0 radical (unpaired) electrons. The van der Waals surface area contributed by atoms with Gasteiger partial charge < -0.3 is 103 Å². The Kier molecular flexibility index (Phi) is 25.5. The van der Waals surface area contributed by atoms with Gasteiger partial charge in [-0.3, -0.25) is 24.0 Å². The van der Waals surface area contributed by atoms with Crippen LogP contribution in [0.25, 0.3) is 0 Å². The second kappa shape index (κ2) is 31.1. The average Bonchev–Trinajstić information content (AvgIpc) is 3.36. The van der Waals surface area contributed by atoms with Crippen molar-refractivity contribution in [2.24, 2.45) is 5.90 Å². The number of nitrogens with zero attached hydrogens (tertiary/aromatic N) is 1. The number of carboxylic acid groups (broad SMARTS) is 1. The van der Waals surface area contributed by atoms with Crippen molar-refractivity contribution in [2.45, 2.75) is 82.4 Å². The Morgan fingerprint density at radius 2 is 1.12 bits per heavy atom. The first-order chi connectivity index (χ1) is 34.9. The second-order valence-electron chi connectivity index (χ2n) is 16.1. The van der Waals surface area contributed by atoms with E-state index < -0.39 is 90.9 Å². The van der Waals surface area contributed by atoms with Crippen LogP contribution in [-0.4, -0.2) is 224 Å². The Hall–Kier alpha value is -5.70. The fourth-order valence-electron chi connectivity index (χ4n) is 6.70. The minimum Gasteiger partial charge on any atom is -0.479 e. The lowest BCUT2D eigenvalue weighted by Gasteiger charge is -2.38. The van der Waals surface area contributed by atoms with Crippen LogP contribution in [0, 0.1) is 0 Å². The van der Waals surface area contributed by atoms with Crippen LogP contribution in [0.3, 0.4) is 0 Å². The molecule has 28 nitrogen and oxygen atoms in total. The largest absolute Gasteiger partial charge is 0.479 e. The number of amides is 3. The van der Waals surface area contributed by atoms with E-state index in [-0.39, 0.29) is 128 Å². The van der Waals surface area contributed by atoms with Gasteiger partial charge in [0.2, 0.25) is 18.5 Å². The van der Waals surface area contributed by atoms with Crippen molar-refractivity contribution in [3.05, 3.63) is 58.7 Å². The molecule has 0 bridgehead atoms. The monoisotopic (exact) mass is 1040 g/mol. The maximum Gasteiger partial charge on any atom is 0.335 e. The molecule has 2 heterocycles. The number of aliphatic hydroxyl groups is 6. The smallest absolute Gasteiger partial charge is 0.335 e. The van der Waals surface area contributed by atoms with Gasteiger partial charge in [0, 0.05) is 40.0 Å². The summed E-state index contributed by atoms with van der Waals surface area (Å²) in [5.41, 5.74) is 0.576. The predicted octanol–water partition coefficient (Wildman–Crippen LogP) is -4.15. The summed E-state index contributed by atoms with van der Waals surface area (Å²) in [5.74, 6) is 0.0825. The van der Waals surface area contributed by atoms with Crippen LogP contribution >= 0.6 is 0 Å². The Balaban J connectivity index is 1.31. The zero-order chi connectivity index (χ0) is 53.5. The molecule has 2 fully saturated rings. The Labute approximate surface area is 417 Å². The highest BCUT2D eigenvalue weighted by molar-refractivity contribution is 5.97. The van der Waals surface area contributed by atoms with Crippen LogP contribution < -0.4 is 26.0 Å². The second-order valence-corrected chi connectivity index (χ2v) is 16.1. The summed E-state index contributed by atoms with van der Waals surface area (Å²) in [4.78, 5) is 80.4. The molecular formula is C45H64N4O24. The van der Waals surface area contributed by atoms with Crippen molar-refractivity contribution in [3.63, 3.8) is 0 Å². The number of hydrogen-bond acceptors (Lipinski definition) is 24. The fourth-order valence-corrected chi connectivity index (χ4v) is 6.70. The molecule has 11 N–H and O–H groups in total. The van der Waals surface area contributed by atoms with E-state index in [0.717, 1.165) is 0 Å². The van der Waals surface area contributed by atoms with E-state index in [1.54, 1.807) is 0 Å². The third-order valence-corrected chi connectivity index (χ3v) is 10.6. The lowest BCUT2D eigenvalue weighted by atomic mass is 9.99. The van der Waals surface area contributed by atoms with Crippen molar-refractivity contribution in [2.75, 3.05) is 92.2 Å². The van der Waals surface area contributed by atoms with Gasteiger partial charge in [-0.2, -0.15) is 0 Å². The number of carbonyl (C=O) groups excluding carboxylic acids is 5. The van der Waals surface area contributed by atoms with Gasteiger partial charge >= 0.3 is 17.9 Å². The number of aliphatic carboxylic acids is 1. The molecule has 0 spiro atoms. The van der Waals surface area contributed by atoms with Crippen LogP contribution in [-0.2, 0) is 75.1 Å². The molecule has 2 aromatic carbocycles. The van der Waals surface area contributed by atoms with Crippen molar-refractivity contribution < 1.29 is 117 Å². The molecule has 2 saturated heterocycles. The molecule has 2 aliphatic heterocycles. The number of carboxylic acids is 1. The highest BCUT2D eigenvalue weighted by atomic mass is 16.7. The number of nitrogens with two attached hydrogens (primary N) is 1. The number of ether oxygens (including phenoxy) is 10. The highest BCUT2D eigenvalue weighted by Crippen LogP contribution is 2.29. The van der Waals surface area contributed by atoms with E-state index in [1.165, 1.54) is 55.1 Å². The van der Waals surface area contributed by atoms with E-state index in [1.807, 2.05) is 0 Å². The van der Waals surface area contributed by atoms with Crippen LogP contribution in [0.4, 0.5) is 0 Å². The van der Waals surface area contributed by atoms with E-state index in [9.17, 15) is 64.5 Å². The van der Waals surface area contributed by atoms with E-state index in [2.05, 4.69) is 15.5 Å². The summed E-state index contributed by atoms with van der Waals surface area (Å²) < 4.78 is 54.1. The van der Waals surface area contributed by atoms with Gasteiger partial charge in [-0.05, 0) is 35.4 Å². The van der Waals surface area contributed by atoms with Gasteiger partial charge in [0.05, 0.1) is 70.6 Å². The van der Waals surface area contributed by atoms with Crippen molar-refractivity contribution in [1.29, 1.82) is 0 Å². The van der Waals surface area contributed by atoms with E-state index >= 15 is 0 Å². The predicted molar refractivity (Wildman–Crippen MR) is 242 cm³/mol. The highest BCUT2D eigenvalue weighted by Gasteiger charge is 2.48. The van der Waals surface area contributed by atoms with Crippen molar-refractivity contribution in [3.8, 4) is 11.5 Å².